The fourth-order valence-corrected chi connectivity index (χ4v) is 1.50. The van der Waals surface area contributed by atoms with Crippen LogP contribution in [0, 0.1) is 0 Å². The molecule has 1 aromatic heterocycles. The number of hydrogen-bond acceptors (Lipinski definition) is 4. The first kappa shape index (κ1) is 13.8. The molecule has 7 nitrogen and oxygen atoms in total. The molecule has 0 unspecified atom stereocenters. The molecule has 0 atom stereocenters. The Hall–Kier alpha value is -2.31. The summed E-state index contributed by atoms with van der Waals surface area (Å²) in [6.45, 7) is 0.438. The minimum Gasteiger partial charge on any atom is -0.480 e. The van der Waals surface area contributed by atoms with E-state index in [1.807, 2.05) is 0 Å². The molecule has 0 radical (unpaired) electrons. The zero-order valence-electron chi connectivity index (χ0n) is 9.75. The number of carboxylic acids is 2. The molecular weight excluding hydrogens is 242 g/mol. The number of rotatable bonds is 6. The minimum absolute atomic E-state index is 0.194. The molecule has 0 aromatic carbocycles. The van der Waals surface area contributed by atoms with Crippen molar-refractivity contribution >= 4 is 17.8 Å². The number of carbonyl (C=O) groups excluding carboxylic acids is 1. The van der Waals surface area contributed by atoms with E-state index in [4.69, 9.17) is 14.6 Å². The molecule has 1 aromatic rings. The van der Waals surface area contributed by atoms with Gasteiger partial charge in [0, 0.05) is 6.42 Å². The SMILES string of the molecule is CCc1occc1C(=O)N(CC(=O)O)CC(=O)O. The summed E-state index contributed by atoms with van der Waals surface area (Å²) in [7, 11) is 0. The average Bonchev–Trinajstić information content (AvgIpc) is 2.73. The Morgan fingerprint density at radius 1 is 1.22 bits per heavy atom. The second-order valence-corrected chi connectivity index (χ2v) is 3.56. The van der Waals surface area contributed by atoms with E-state index in [0.29, 0.717) is 12.2 Å². The zero-order chi connectivity index (χ0) is 13.7. The van der Waals surface area contributed by atoms with Crippen LogP contribution < -0.4 is 0 Å². The van der Waals surface area contributed by atoms with E-state index >= 15 is 0 Å². The van der Waals surface area contributed by atoms with Crippen LogP contribution in [-0.4, -0.2) is 46.0 Å². The maximum absolute atomic E-state index is 12.0. The maximum Gasteiger partial charge on any atom is 0.323 e. The van der Waals surface area contributed by atoms with Crippen LogP contribution in [0.3, 0.4) is 0 Å². The third-order valence-corrected chi connectivity index (χ3v) is 2.24. The van der Waals surface area contributed by atoms with Gasteiger partial charge in [-0.3, -0.25) is 14.4 Å². The quantitative estimate of drug-likeness (QED) is 0.764. The third kappa shape index (κ3) is 3.34. The fraction of sp³-hybridized carbons (Fsp3) is 0.364. The van der Waals surface area contributed by atoms with Gasteiger partial charge in [0.2, 0.25) is 0 Å². The summed E-state index contributed by atoms with van der Waals surface area (Å²) in [6, 6.07) is 1.40. The van der Waals surface area contributed by atoms with E-state index in [9.17, 15) is 14.4 Å². The van der Waals surface area contributed by atoms with Crippen molar-refractivity contribution in [2.45, 2.75) is 13.3 Å². The second-order valence-electron chi connectivity index (χ2n) is 3.56. The molecule has 1 rings (SSSR count). The fourth-order valence-electron chi connectivity index (χ4n) is 1.50. The van der Waals surface area contributed by atoms with Crippen LogP contribution in [0.25, 0.3) is 0 Å². The first-order valence-corrected chi connectivity index (χ1v) is 5.25. The van der Waals surface area contributed by atoms with Crippen molar-refractivity contribution in [3.63, 3.8) is 0 Å². The van der Waals surface area contributed by atoms with Crippen LogP contribution in [0.4, 0.5) is 0 Å². The van der Waals surface area contributed by atoms with Gasteiger partial charge in [-0.05, 0) is 6.07 Å². The molecule has 0 bridgehead atoms. The van der Waals surface area contributed by atoms with Gasteiger partial charge in [0.15, 0.2) is 0 Å². The Kier molecular flexibility index (Phi) is 4.47. The monoisotopic (exact) mass is 255 g/mol. The summed E-state index contributed by atoms with van der Waals surface area (Å²) >= 11 is 0. The predicted octanol–water partition coefficient (Wildman–Crippen LogP) is 0.453. The molecule has 0 aliphatic heterocycles. The molecule has 0 saturated heterocycles. The van der Waals surface area contributed by atoms with Gasteiger partial charge in [-0.15, -0.1) is 0 Å². The van der Waals surface area contributed by atoms with Crippen LogP contribution in [0.1, 0.15) is 23.0 Å². The Morgan fingerprint density at radius 2 is 1.78 bits per heavy atom. The maximum atomic E-state index is 12.0. The van der Waals surface area contributed by atoms with E-state index in [1.165, 1.54) is 12.3 Å². The summed E-state index contributed by atoms with van der Waals surface area (Å²) in [5.41, 5.74) is 0.194. The van der Waals surface area contributed by atoms with Crippen LogP contribution in [0.15, 0.2) is 16.7 Å². The van der Waals surface area contributed by atoms with Crippen molar-refractivity contribution in [1.82, 2.24) is 4.90 Å². The molecule has 7 heteroatoms. The van der Waals surface area contributed by atoms with E-state index in [2.05, 4.69) is 0 Å². The molecular formula is C11H13NO6. The van der Waals surface area contributed by atoms with E-state index in [0.717, 1.165) is 4.90 Å². The molecule has 18 heavy (non-hydrogen) atoms. The van der Waals surface area contributed by atoms with Crippen molar-refractivity contribution in [2.75, 3.05) is 13.1 Å². The molecule has 0 aliphatic rings. The number of amides is 1. The van der Waals surface area contributed by atoms with Gasteiger partial charge >= 0.3 is 11.9 Å². The van der Waals surface area contributed by atoms with Gasteiger partial charge < -0.3 is 19.5 Å². The lowest BCUT2D eigenvalue weighted by molar-refractivity contribution is -0.140. The summed E-state index contributed by atoms with van der Waals surface area (Å²) in [4.78, 5) is 34.0. The highest BCUT2D eigenvalue weighted by Crippen LogP contribution is 2.14. The molecule has 0 aliphatic carbocycles. The lowest BCUT2D eigenvalue weighted by Crippen LogP contribution is -2.39. The number of carbonyl (C=O) groups is 3. The molecule has 1 heterocycles. The first-order chi connectivity index (χ1) is 8.45. The number of carboxylic acid groups (broad SMARTS) is 2. The topological polar surface area (TPSA) is 108 Å². The van der Waals surface area contributed by atoms with Gasteiger partial charge in [0.1, 0.15) is 18.8 Å². The summed E-state index contributed by atoms with van der Waals surface area (Å²) in [6.07, 6.45) is 1.77. The molecule has 0 fully saturated rings. The molecule has 2 N–H and O–H groups in total. The summed E-state index contributed by atoms with van der Waals surface area (Å²) in [5.74, 6) is -2.80. The molecule has 98 valence electrons. The molecule has 1 amide bonds. The highest BCUT2D eigenvalue weighted by molar-refractivity contribution is 5.98. The van der Waals surface area contributed by atoms with Crippen molar-refractivity contribution < 1.29 is 29.0 Å². The number of aliphatic carboxylic acids is 2. The minimum atomic E-state index is -1.27. The Bertz CT molecular complexity index is 448. The predicted molar refractivity (Wildman–Crippen MR) is 59.3 cm³/mol. The van der Waals surface area contributed by atoms with Crippen LogP contribution in [0.5, 0.6) is 0 Å². The van der Waals surface area contributed by atoms with Crippen molar-refractivity contribution in [2.24, 2.45) is 0 Å². The lowest BCUT2D eigenvalue weighted by Gasteiger charge is -2.18. The number of furan rings is 1. The Morgan fingerprint density at radius 3 is 2.22 bits per heavy atom. The lowest BCUT2D eigenvalue weighted by atomic mass is 10.2. The normalized spacial score (nSPS) is 10.1. The van der Waals surface area contributed by atoms with Crippen LogP contribution >= 0.6 is 0 Å². The first-order valence-electron chi connectivity index (χ1n) is 5.25. The number of hydrogen-bond donors (Lipinski definition) is 2. The molecule has 0 saturated carbocycles. The van der Waals surface area contributed by atoms with Gasteiger partial charge in [-0.1, -0.05) is 6.92 Å². The standard InChI is InChI=1S/C11H13NO6/c1-2-8-7(3-4-18-8)11(17)12(5-9(13)14)6-10(15)16/h3-4H,2,5-6H2,1H3,(H,13,14)(H,15,16). The van der Waals surface area contributed by atoms with Gasteiger partial charge in [-0.2, -0.15) is 0 Å². The van der Waals surface area contributed by atoms with Gasteiger partial charge in [0.25, 0.3) is 5.91 Å². The van der Waals surface area contributed by atoms with Crippen molar-refractivity contribution in [3.05, 3.63) is 23.7 Å². The summed E-state index contributed by atoms with van der Waals surface area (Å²) in [5, 5.41) is 17.3. The largest absolute Gasteiger partial charge is 0.480 e. The molecule has 0 spiro atoms. The third-order valence-electron chi connectivity index (χ3n) is 2.24. The highest BCUT2D eigenvalue weighted by Gasteiger charge is 2.24. The van der Waals surface area contributed by atoms with E-state index < -0.39 is 30.9 Å². The van der Waals surface area contributed by atoms with E-state index in [1.54, 1.807) is 6.92 Å². The Labute approximate surface area is 103 Å². The number of aryl methyl sites for hydroxylation is 1. The van der Waals surface area contributed by atoms with Crippen molar-refractivity contribution in [3.8, 4) is 0 Å². The summed E-state index contributed by atoms with van der Waals surface area (Å²) < 4.78 is 5.05. The smallest absolute Gasteiger partial charge is 0.323 e. The number of nitrogens with zero attached hydrogens (tertiary/aromatic N) is 1. The Balaban J connectivity index is 2.94. The van der Waals surface area contributed by atoms with Gasteiger partial charge in [-0.25, -0.2) is 0 Å². The van der Waals surface area contributed by atoms with Crippen LogP contribution in [-0.2, 0) is 16.0 Å². The van der Waals surface area contributed by atoms with Crippen LogP contribution in [0.2, 0.25) is 0 Å². The zero-order valence-corrected chi connectivity index (χ0v) is 9.75. The van der Waals surface area contributed by atoms with Crippen molar-refractivity contribution in [1.29, 1.82) is 0 Å². The van der Waals surface area contributed by atoms with E-state index in [-0.39, 0.29) is 5.56 Å². The highest BCUT2D eigenvalue weighted by atomic mass is 16.4. The second kappa shape index (κ2) is 5.85. The van der Waals surface area contributed by atoms with Gasteiger partial charge in [0.05, 0.1) is 11.8 Å². The average molecular weight is 255 g/mol.